The van der Waals surface area contributed by atoms with Crippen molar-refractivity contribution in [2.24, 2.45) is 0 Å². The summed E-state index contributed by atoms with van der Waals surface area (Å²) < 4.78 is 0. The van der Waals surface area contributed by atoms with Gasteiger partial charge in [-0.3, -0.25) is 9.78 Å². The average Bonchev–Trinajstić information content (AvgIpc) is 2.48. The standard InChI is InChI=1S/C8H7N3O2/c12-6(13)3-5-4-11-8-7(5)9-1-2-10-8/h1-2,4H,3H2,(H,10,11)(H,12,13). The lowest BCUT2D eigenvalue weighted by Crippen LogP contribution is -1.99. The van der Waals surface area contributed by atoms with Gasteiger partial charge in [-0.25, -0.2) is 4.98 Å². The number of nitrogens with zero attached hydrogens (tertiary/aromatic N) is 2. The zero-order chi connectivity index (χ0) is 9.26. The molecular formula is C8H7N3O2. The van der Waals surface area contributed by atoms with E-state index in [0.717, 1.165) is 0 Å². The van der Waals surface area contributed by atoms with Gasteiger partial charge in [0.05, 0.1) is 6.42 Å². The van der Waals surface area contributed by atoms with Crippen molar-refractivity contribution in [3.8, 4) is 0 Å². The molecule has 0 radical (unpaired) electrons. The van der Waals surface area contributed by atoms with Gasteiger partial charge in [0, 0.05) is 24.2 Å². The van der Waals surface area contributed by atoms with Crippen LogP contribution in [0.2, 0.25) is 0 Å². The Bertz CT molecular complexity index is 449. The fourth-order valence-electron chi connectivity index (χ4n) is 1.20. The van der Waals surface area contributed by atoms with E-state index in [0.29, 0.717) is 16.7 Å². The minimum absolute atomic E-state index is 0.0291. The molecule has 0 aliphatic rings. The molecule has 2 aromatic rings. The molecule has 0 unspecified atom stereocenters. The first-order valence-corrected chi connectivity index (χ1v) is 3.76. The molecule has 0 bridgehead atoms. The first kappa shape index (κ1) is 7.72. The van der Waals surface area contributed by atoms with Crippen LogP contribution in [0.25, 0.3) is 11.2 Å². The number of nitrogens with one attached hydrogen (secondary N) is 1. The van der Waals surface area contributed by atoms with Crippen molar-refractivity contribution in [1.82, 2.24) is 15.0 Å². The van der Waals surface area contributed by atoms with E-state index in [1.54, 1.807) is 18.6 Å². The van der Waals surface area contributed by atoms with Gasteiger partial charge in [-0.2, -0.15) is 0 Å². The number of fused-ring (bicyclic) bond motifs is 1. The van der Waals surface area contributed by atoms with E-state index < -0.39 is 5.97 Å². The topological polar surface area (TPSA) is 78.9 Å². The van der Waals surface area contributed by atoms with Crippen LogP contribution in [0.5, 0.6) is 0 Å². The molecule has 0 aliphatic carbocycles. The Morgan fingerprint density at radius 3 is 3.00 bits per heavy atom. The summed E-state index contributed by atoms with van der Waals surface area (Å²) >= 11 is 0. The number of aromatic nitrogens is 3. The molecule has 0 saturated carbocycles. The predicted octanol–water partition coefficient (Wildman–Crippen LogP) is 0.585. The van der Waals surface area contributed by atoms with Crippen LogP contribution in [-0.4, -0.2) is 26.0 Å². The summed E-state index contributed by atoms with van der Waals surface area (Å²) in [6, 6.07) is 0. The van der Waals surface area contributed by atoms with Crippen LogP contribution in [0, 0.1) is 0 Å². The zero-order valence-corrected chi connectivity index (χ0v) is 6.69. The lowest BCUT2D eigenvalue weighted by atomic mass is 10.2. The van der Waals surface area contributed by atoms with Gasteiger partial charge in [0.2, 0.25) is 0 Å². The highest BCUT2D eigenvalue weighted by atomic mass is 16.4. The smallest absolute Gasteiger partial charge is 0.307 e. The highest BCUT2D eigenvalue weighted by Crippen LogP contribution is 2.12. The normalized spacial score (nSPS) is 10.5. The van der Waals surface area contributed by atoms with Crippen molar-refractivity contribution in [2.75, 3.05) is 0 Å². The lowest BCUT2D eigenvalue weighted by molar-refractivity contribution is -0.136. The second-order valence-corrected chi connectivity index (χ2v) is 2.64. The molecule has 0 spiro atoms. The number of rotatable bonds is 2. The summed E-state index contributed by atoms with van der Waals surface area (Å²) in [5.74, 6) is -0.869. The summed E-state index contributed by atoms with van der Waals surface area (Å²) in [6.45, 7) is 0. The summed E-state index contributed by atoms with van der Waals surface area (Å²) in [6.07, 6.45) is 4.70. The minimum atomic E-state index is -0.869. The molecule has 2 rings (SSSR count). The maximum atomic E-state index is 10.4. The number of aliphatic carboxylic acids is 1. The van der Waals surface area contributed by atoms with Crippen molar-refractivity contribution < 1.29 is 9.90 Å². The first-order chi connectivity index (χ1) is 6.27. The Labute approximate surface area is 73.4 Å². The Hall–Kier alpha value is -1.91. The molecule has 0 atom stereocenters. The molecule has 2 N–H and O–H groups in total. The van der Waals surface area contributed by atoms with Gasteiger partial charge in [0.25, 0.3) is 0 Å². The molecule has 5 heteroatoms. The number of hydrogen-bond donors (Lipinski definition) is 2. The fraction of sp³-hybridized carbons (Fsp3) is 0.125. The zero-order valence-electron chi connectivity index (χ0n) is 6.69. The maximum absolute atomic E-state index is 10.4. The monoisotopic (exact) mass is 177 g/mol. The minimum Gasteiger partial charge on any atom is -0.481 e. The van der Waals surface area contributed by atoms with Crippen LogP contribution in [0.1, 0.15) is 5.56 Å². The van der Waals surface area contributed by atoms with Crippen LogP contribution in [-0.2, 0) is 11.2 Å². The van der Waals surface area contributed by atoms with Gasteiger partial charge in [-0.1, -0.05) is 0 Å². The average molecular weight is 177 g/mol. The van der Waals surface area contributed by atoms with Crippen molar-refractivity contribution in [1.29, 1.82) is 0 Å². The SMILES string of the molecule is O=C(O)Cc1c[nH]c2nccnc12. The summed E-state index contributed by atoms with van der Waals surface area (Å²) in [4.78, 5) is 21.3. The molecule has 66 valence electrons. The van der Waals surface area contributed by atoms with Gasteiger partial charge < -0.3 is 10.1 Å². The van der Waals surface area contributed by atoms with E-state index in [1.807, 2.05) is 0 Å². The van der Waals surface area contributed by atoms with Crippen LogP contribution in [0.15, 0.2) is 18.6 Å². The van der Waals surface area contributed by atoms with Crippen LogP contribution in [0.4, 0.5) is 0 Å². The third-order valence-electron chi connectivity index (χ3n) is 1.73. The van der Waals surface area contributed by atoms with Crippen molar-refractivity contribution in [3.63, 3.8) is 0 Å². The largest absolute Gasteiger partial charge is 0.481 e. The summed E-state index contributed by atoms with van der Waals surface area (Å²) in [5, 5.41) is 8.58. The highest BCUT2D eigenvalue weighted by Gasteiger charge is 2.08. The molecule has 2 heterocycles. The highest BCUT2D eigenvalue weighted by molar-refractivity contribution is 5.81. The number of carbonyl (C=O) groups is 1. The Balaban J connectivity index is 2.51. The number of carboxylic acid groups (broad SMARTS) is 1. The second kappa shape index (κ2) is 2.85. The molecule has 0 aliphatic heterocycles. The van der Waals surface area contributed by atoms with Gasteiger partial charge in [0.1, 0.15) is 5.52 Å². The Morgan fingerprint density at radius 1 is 1.46 bits per heavy atom. The lowest BCUT2D eigenvalue weighted by Gasteiger charge is -1.91. The van der Waals surface area contributed by atoms with Gasteiger partial charge >= 0.3 is 5.97 Å². The van der Waals surface area contributed by atoms with Crippen LogP contribution < -0.4 is 0 Å². The molecule has 0 aromatic carbocycles. The second-order valence-electron chi connectivity index (χ2n) is 2.64. The summed E-state index contributed by atoms with van der Waals surface area (Å²) in [5.41, 5.74) is 1.92. The predicted molar refractivity (Wildman–Crippen MR) is 45.2 cm³/mol. The Kier molecular flexibility index (Phi) is 1.70. The van der Waals surface area contributed by atoms with Crippen LogP contribution in [0.3, 0.4) is 0 Å². The third kappa shape index (κ3) is 1.35. The number of hydrogen-bond acceptors (Lipinski definition) is 3. The van der Waals surface area contributed by atoms with Gasteiger partial charge in [0.15, 0.2) is 5.65 Å². The van der Waals surface area contributed by atoms with Gasteiger partial charge in [-0.15, -0.1) is 0 Å². The molecule has 5 nitrogen and oxygen atoms in total. The molecule has 0 fully saturated rings. The molecule has 13 heavy (non-hydrogen) atoms. The fourth-order valence-corrected chi connectivity index (χ4v) is 1.20. The number of aromatic amines is 1. The van der Waals surface area contributed by atoms with E-state index in [-0.39, 0.29) is 6.42 Å². The van der Waals surface area contributed by atoms with E-state index >= 15 is 0 Å². The summed E-state index contributed by atoms with van der Waals surface area (Å²) in [7, 11) is 0. The van der Waals surface area contributed by atoms with E-state index in [1.165, 1.54) is 0 Å². The molecule has 0 amide bonds. The molecule has 0 saturated heterocycles. The van der Waals surface area contributed by atoms with E-state index in [2.05, 4.69) is 15.0 Å². The van der Waals surface area contributed by atoms with E-state index in [9.17, 15) is 4.79 Å². The van der Waals surface area contributed by atoms with Crippen molar-refractivity contribution >= 4 is 17.1 Å². The van der Waals surface area contributed by atoms with Crippen molar-refractivity contribution in [2.45, 2.75) is 6.42 Å². The van der Waals surface area contributed by atoms with Crippen LogP contribution >= 0.6 is 0 Å². The third-order valence-corrected chi connectivity index (χ3v) is 1.73. The van der Waals surface area contributed by atoms with Gasteiger partial charge in [-0.05, 0) is 0 Å². The maximum Gasteiger partial charge on any atom is 0.307 e. The number of H-pyrrole nitrogens is 1. The molecular weight excluding hydrogens is 170 g/mol. The first-order valence-electron chi connectivity index (χ1n) is 3.76. The van der Waals surface area contributed by atoms with Crippen molar-refractivity contribution in [3.05, 3.63) is 24.2 Å². The Morgan fingerprint density at radius 2 is 2.23 bits per heavy atom. The molecule has 2 aromatic heterocycles. The van der Waals surface area contributed by atoms with E-state index in [4.69, 9.17) is 5.11 Å². The quantitative estimate of drug-likeness (QED) is 0.703. The number of carboxylic acids is 1.